The molecule has 0 saturated carbocycles. The third-order valence-electron chi connectivity index (χ3n) is 3.24. The van der Waals surface area contributed by atoms with Gasteiger partial charge >= 0.3 is 0 Å². The third kappa shape index (κ3) is 4.17. The second-order valence-corrected chi connectivity index (χ2v) is 5.88. The Morgan fingerprint density at radius 3 is 2.48 bits per heavy atom. The Kier molecular flexibility index (Phi) is 4.68. The molecule has 0 radical (unpaired) electrons. The molecular formula is C16H14N4O2S. The van der Waals surface area contributed by atoms with Crippen LogP contribution in [0.25, 0.3) is 0 Å². The molecule has 0 amide bonds. The fourth-order valence-electron chi connectivity index (χ4n) is 2.07. The summed E-state index contributed by atoms with van der Waals surface area (Å²) in [7, 11) is 0. The first-order chi connectivity index (χ1) is 11.2. The van der Waals surface area contributed by atoms with E-state index in [1.807, 2.05) is 30.3 Å². The van der Waals surface area contributed by atoms with E-state index in [0.717, 1.165) is 11.4 Å². The van der Waals surface area contributed by atoms with Crippen molar-refractivity contribution >= 4 is 17.4 Å². The van der Waals surface area contributed by atoms with Crippen LogP contribution >= 0.6 is 11.8 Å². The number of non-ortho nitro benzene ring substituents is 1. The molecule has 3 aromatic rings. The molecule has 1 N–H and O–H groups in total. The summed E-state index contributed by atoms with van der Waals surface area (Å²) in [5, 5.41) is 18.4. The number of nitro benzene ring substituents is 1. The van der Waals surface area contributed by atoms with Gasteiger partial charge in [-0.3, -0.25) is 15.2 Å². The minimum absolute atomic E-state index is 0.0989. The first kappa shape index (κ1) is 15.2. The molecule has 0 fully saturated rings. The van der Waals surface area contributed by atoms with Crippen molar-refractivity contribution in [3.8, 4) is 0 Å². The molecule has 0 spiro atoms. The van der Waals surface area contributed by atoms with Gasteiger partial charge in [-0.2, -0.15) is 0 Å². The number of rotatable bonds is 6. The Bertz CT molecular complexity index is 787. The molecule has 0 saturated heterocycles. The minimum atomic E-state index is -0.401. The predicted octanol–water partition coefficient (Wildman–Crippen LogP) is 3.60. The lowest BCUT2D eigenvalue weighted by Gasteiger charge is -1.98. The molecule has 3 rings (SSSR count). The molecule has 0 bridgehead atoms. The van der Waals surface area contributed by atoms with E-state index in [9.17, 15) is 10.1 Å². The number of nitrogens with zero attached hydrogens (tertiary/aromatic N) is 3. The monoisotopic (exact) mass is 326 g/mol. The topological polar surface area (TPSA) is 84.7 Å². The molecule has 0 unspecified atom stereocenters. The summed E-state index contributed by atoms with van der Waals surface area (Å²) in [6.45, 7) is 0. The Balaban J connectivity index is 1.57. The van der Waals surface area contributed by atoms with Crippen LogP contribution in [0.4, 0.5) is 5.69 Å². The van der Waals surface area contributed by atoms with E-state index in [0.29, 0.717) is 17.3 Å². The fraction of sp³-hybridized carbons (Fsp3) is 0.125. The van der Waals surface area contributed by atoms with Crippen molar-refractivity contribution in [1.29, 1.82) is 0 Å². The highest BCUT2D eigenvalue weighted by Gasteiger charge is 2.07. The van der Waals surface area contributed by atoms with Crippen LogP contribution in [0.3, 0.4) is 0 Å². The summed E-state index contributed by atoms with van der Waals surface area (Å²) < 4.78 is 0. The maximum Gasteiger partial charge on any atom is 0.269 e. The van der Waals surface area contributed by atoms with Crippen LogP contribution in [0.5, 0.6) is 0 Å². The number of benzene rings is 2. The smallest absolute Gasteiger partial charge is 0.262 e. The standard InChI is InChI=1S/C16H14N4O2S/c21-20(22)14-8-6-13(7-9-14)11-23-16-17-15(18-19-16)10-12-4-2-1-3-5-12/h1-9H,10-11H2,(H,17,18,19). The second-order valence-electron chi connectivity index (χ2n) is 4.94. The summed E-state index contributed by atoms with van der Waals surface area (Å²) in [4.78, 5) is 14.7. The lowest BCUT2D eigenvalue weighted by atomic mass is 10.1. The first-order valence-corrected chi connectivity index (χ1v) is 8.00. The zero-order valence-electron chi connectivity index (χ0n) is 12.2. The highest BCUT2D eigenvalue weighted by Crippen LogP contribution is 2.21. The summed E-state index contributed by atoms with van der Waals surface area (Å²) >= 11 is 1.50. The number of aromatic nitrogens is 3. The largest absolute Gasteiger partial charge is 0.269 e. The van der Waals surface area contributed by atoms with Crippen LogP contribution in [0.15, 0.2) is 59.8 Å². The van der Waals surface area contributed by atoms with Crippen molar-refractivity contribution in [1.82, 2.24) is 15.2 Å². The number of hydrogen-bond donors (Lipinski definition) is 1. The predicted molar refractivity (Wildman–Crippen MR) is 88.3 cm³/mol. The van der Waals surface area contributed by atoms with Crippen molar-refractivity contribution in [2.75, 3.05) is 0 Å². The van der Waals surface area contributed by atoms with Crippen molar-refractivity contribution in [2.45, 2.75) is 17.3 Å². The van der Waals surface area contributed by atoms with Gasteiger partial charge in [0, 0.05) is 24.3 Å². The van der Waals surface area contributed by atoms with Crippen LogP contribution in [0, 0.1) is 10.1 Å². The van der Waals surface area contributed by atoms with Crippen molar-refractivity contribution in [3.63, 3.8) is 0 Å². The maximum atomic E-state index is 10.6. The van der Waals surface area contributed by atoms with Gasteiger partial charge in [0.05, 0.1) is 4.92 Å². The lowest BCUT2D eigenvalue weighted by Crippen LogP contribution is -1.90. The van der Waals surface area contributed by atoms with Gasteiger partial charge in [0.25, 0.3) is 5.69 Å². The van der Waals surface area contributed by atoms with Gasteiger partial charge in [-0.05, 0) is 11.1 Å². The van der Waals surface area contributed by atoms with Gasteiger partial charge in [0.1, 0.15) is 5.82 Å². The van der Waals surface area contributed by atoms with Crippen LogP contribution in [0.1, 0.15) is 17.0 Å². The van der Waals surface area contributed by atoms with Crippen molar-refractivity contribution in [3.05, 3.63) is 81.7 Å². The summed E-state index contributed by atoms with van der Waals surface area (Å²) in [5.74, 6) is 1.49. The number of H-pyrrole nitrogens is 1. The van der Waals surface area contributed by atoms with E-state index < -0.39 is 4.92 Å². The molecule has 0 aliphatic rings. The van der Waals surface area contributed by atoms with Crippen LogP contribution < -0.4 is 0 Å². The maximum absolute atomic E-state index is 10.6. The van der Waals surface area contributed by atoms with E-state index in [1.54, 1.807) is 12.1 Å². The molecule has 23 heavy (non-hydrogen) atoms. The van der Waals surface area contributed by atoms with Crippen LogP contribution in [-0.4, -0.2) is 20.1 Å². The Labute approximate surface area is 137 Å². The second kappa shape index (κ2) is 7.06. The third-order valence-corrected chi connectivity index (χ3v) is 4.16. The zero-order valence-corrected chi connectivity index (χ0v) is 13.0. The van der Waals surface area contributed by atoms with Gasteiger partial charge in [0.15, 0.2) is 0 Å². The first-order valence-electron chi connectivity index (χ1n) is 7.02. The fourth-order valence-corrected chi connectivity index (χ4v) is 2.85. The van der Waals surface area contributed by atoms with E-state index in [2.05, 4.69) is 15.2 Å². The average molecular weight is 326 g/mol. The summed E-state index contributed by atoms with van der Waals surface area (Å²) in [6.07, 6.45) is 0.714. The Hall–Kier alpha value is -2.67. The Morgan fingerprint density at radius 2 is 1.78 bits per heavy atom. The Morgan fingerprint density at radius 1 is 1.04 bits per heavy atom. The highest BCUT2D eigenvalue weighted by atomic mass is 32.2. The molecule has 116 valence electrons. The van der Waals surface area contributed by atoms with Gasteiger partial charge in [-0.25, -0.2) is 4.98 Å². The minimum Gasteiger partial charge on any atom is -0.262 e. The van der Waals surface area contributed by atoms with Gasteiger partial charge in [-0.15, -0.1) is 5.10 Å². The molecule has 0 aliphatic carbocycles. The molecule has 7 heteroatoms. The molecule has 2 aromatic carbocycles. The summed E-state index contributed by atoms with van der Waals surface area (Å²) in [6, 6.07) is 16.6. The lowest BCUT2D eigenvalue weighted by molar-refractivity contribution is -0.384. The van der Waals surface area contributed by atoms with Crippen LogP contribution in [-0.2, 0) is 12.2 Å². The quantitative estimate of drug-likeness (QED) is 0.425. The highest BCUT2D eigenvalue weighted by molar-refractivity contribution is 7.98. The van der Waals surface area contributed by atoms with Crippen molar-refractivity contribution in [2.24, 2.45) is 0 Å². The molecule has 6 nitrogen and oxygen atoms in total. The zero-order chi connectivity index (χ0) is 16.1. The van der Waals surface area contributed by atoms with Gasteiger partial charge in [-0.1, -0.05) is 54.2 Å². The van der Waals surface area contributed by atoms with Gasteiger partial charge < -0.3 is 0 Å². The molecular weight excluding hydrogens is 312 g/mol. The van der Waals surface area contributed by atoms with E-state index in [-0.39, 0.29) is 5.69 Å². The SMILES string of the molecule is O=[N+]([O-])c1ccc(CSc2n[nH]c(Cc3ccccc3)n2)cc1. The van der Waals surface area contributed by atoms with E-state index >= 15 is 0 Å². The molecule has 0 atom stereocenters. The number of aromatic amines is 1. The number of hydrogen-bond acceptors (Lipinski definition) is 5. The summed E-state index contributed by atoms with van der Waals surface area (Å²) in [5.41, 5.74) is 2.27. The normalized spacial score (nSPS) is 10.6. The molecule has 1 aromatic heterocycles. The van der Waals surface area contributed by atoms with E-state index in [4.69, 9.17) is 0 Å². The number of thioether (sulfide) groups is 1. The molecule has 0 aliphatic heterocycles. The van der Waals surface area contributed by atoms with Crippen LogP contribution in [0.2, 0.25) is 0 Å². The number of nitrogens with one attached hydrogen (secondary N) is 1. The molecule has 1 heterocycles. The number of nitro groups is 1. The van der Waals surface area contributed by atoms with E-state index in [1.165, 1.54) is 29.5 Å². The van der Waals surface area contributed by atoms with Gasteiger partial charge in [0.2, 0.25) is 5.16 Å². The van der Waals surface area contributed by atoms with Crippen molar-refractivity contribution < 1.29 is 4.92 Å². The average Bonchev–Trinajstić information content (AvgIpc) is 3.02.